The van der Waals surface area contributed by atoms with Crippen LogP contribution >= 0.6 is 11.3 Å². The highest BCUT2D eigenvalue weighted by molar-refractivity contribution is 7.20. The van der Waals surface area contributed by atoms with Crippen molar-refractivity contribution in [1.29, 1.82) is 0 Å². The first kappa shape index (κ1) is 14.5. The second kappa shape index (κ2) is 5.72. The number of nitrogens with zero attached hydrogens (tertiary/aromatic N) is 4. The predicted molar refractivity (Wildman–Crippen MR) is 83.7 cm³/mol. The Labute approximate surface area is 130 Å². The lowest BCUT2D eigenvalue weighted by Crippen LogP contribution is -2.13. The van der Waals surface area contributed by atoms with E-state index in [9.17, 15) is 4.79 Å². The van der Waals surface area contributed by atoms with Gasteiger partial charge in [-0.3, -0.25) is 10.1 Å². The number of hydrogen-bond donors (Lipinski definition) is 1. The molecule has 0 atom stereocenters. The molecule has 0 saturated carbocycles. The normalized spacial score (nSPS) is 11.1. The minimum Gasteiger partial charge on any atom is -0.496 e. The van der Waals surface area contributed by atoms with Crippen LogP contribution in [-0.2, 0) is 0 Å². The number of anilines is 1. The number of ether oxygens (including phenoxy) is 1. The number of methoxy groups -OCH3 is 1. The van der Waals surface area contributed by atoms with Gasteiger partial charge in [0.15, 0.2) is 5.82 Å². The molecule has 0 fully saturated rings. The van der Waals surface area contributed by atoms with Gasteiger partial charge in [0, 0.05) is 5.92 Å². The molecule has 3 rings (SSSR count). The van der Waals surface area contributed by atoms with Gasteiger partial charge in [-0.1, -0.05) is 37.3 Å². The van der Waals surface area contributed by atoms with E-state index < -0.39 is 0 Å². The first-order valence-corrected chi connectivity index (χ1v) is 7.58. The molecular weight excluding hydrogens is 302 g/mol. The molecule has 0 radical (unpaired) electrons. The van der Waals surface area contributed by atoms with Gasteiger partial charge in [-0.2, -0.15) is 4.52 Å². The smallest absolute Gasteiger partial charge is 0.261 e. The quantitative estimate of drug-likeness (QED) is 0.800. The Hall–Kier alpha value is -2.48. The van der Waals surface area contributed by atoms with E-state index >= 15 is 0 Å². The maximum absolute atomic E-state index is 12.3. The van der Waals surface area contributed by atoms with Crippen molar-refractivity contribution in [3.05, 3.63) is 35.7 Å². The summed E-state index contributed by atoms with van der Waals surface area (Å²) in [5.74, 6) is 1.22. The lowest BCUT2D eigenvalue weighted by atomic mass is 10.2. The number of carbonyl (C=O) groups excluding carboxylic acids is 1. The minimum atomic E-state index is -0.270. The second-order valence-electron chi connectivity index (χ2n) is 4.97. The molecule has 2 heterocycles. The van der Waals surface area contributed by atoms with Crippen molar-refractivity contribution in [2.45, 2.75) is 19.8 Å². The summed E-state index contributed by atoms with van der Waals surface area (Å²) in [5.41, 5.74) is 0.458. The van der Waals surface area contributed by atoms with Crippen molar-refractivity contribution in [2.24, 2.45) is 0 Å². The third kappa shape index (κ3) is 2.52. The summed E-state index contributed by atoms with van der Waals surface area (Å²) in [7, 11) is 1.53. The fourth-order valence-corrected chi connectivity index (χ4v) is 2.78. The highest BCUT2D eigenvalue weighted by Gasteiger charge is 2.17. The molecule has 7 nitrogen and oxygen atoms in total. The molecule has 1 aromatic carbocycles. The van der Waals surface area contributed by atoms with E-state index in [4.69, 9.17) is 4.74 Å². The zero-order valence-electron chi connectivity index (χ0n) is 12.4. The molecule has 8 heteroatoms. The van der Waals surface area contributed by atoms with Gasteiger partial charge in [-0.05, 0) is 12.1 Å². The van der Waals surface area contributed by atoms with Crippen molar-refractivity contribution in [3.8, 4) is 5.75 Å². The first-order chi connectivity index (χ1) is 10.6. The topological polar surface area (TPSA) is 81.4 Å². The Morgan fingerprint density at radius 2 is 2.09 bits per heavy atom. The van der Waals surface area contributed by atoms with Crippen LogP contribution in [0.1, 0.15) is 35.9 Å². The summed E-state index contributed by atoms with van der Waals surface area (Å²) < 4.78 is 6.85. The van der Waals surface area contributed by atoms with E-state index in [1.54, 1.807) is 22.7 Å². The van der Waals surface area contributed by atoms with Crippen LogP contribution in [0.3, 0.4) is 0 Å². The van der Waals surface area contributed by atoms with Gasteiger partial charge in [0.05, 0.1) is 12.7 Å². The minimum absolute atomic E-state index is 0.204. The fourth-order valence-electron chi connectivity index (χ4n) is 2.04. The maximum Gasteiger partial charge on any atom is 0.261 e. The summed E-state index contributed by atoms with van der Waals surface area (Å²) in [5, 5.41) is 15.8. The Kier molecular flexibility index (Phi) is 3.76. The molecular formula is C14H15N5O2S. The maximum atomic E-state index is 12.3. The Balaban J connectivity index is 1.88. The molecule has 0 aliphatic heterocycles. The van der Waals surface area contributed by atoms with Crippen molar-refractivity contribution in [1.82, 2.24) is 19.8 Å². The standard InChI is InChI=1S/C14H15N5O2S/c1-8(2)11-16-17-14-19(11)18-13(22-14)15-12(20)9-6-4-5-7-10(9)21-3/h4-8H,1-3H3,(H,15,18,20). The number of nitrogens with one attached hydrogen (secondary N) is 1. The highest BCUT2D eigenvalue weighted by atomic mass is 32.1. The van der Waals surface area contributed by atoms with E-state index in [1.165, 1.54) is 18.4 Å². The van der Waals surface area contributed by atoms with Crippen molar-refractivity contribution in [3.63, 3.8) is 0 Å². The van der Waals surface area contributed by atoms with Crippen LogP contribution in [0.15, 0.2) is 24.3 Å². The van der Waals surface area contributed by atoms with Crippen LogP contribution in [0.25, 0.3) is 4.96 Å². The molecule has 1 N–H and O–H groups in total. The number of amides is 1. The summed E-state index contributed by atoms with van der Waals surface area (Å²) >= 11 is 1.28. The number of rotatable bonds is 4. The van der Waals surface area contributed by atoms with Crippen molar-refractivity contribution >= 4 is 27.3 Å². The molecule has 0 spiro atoms. The van der Waals surface area contributed by atoms with E-state index in [2.05, 4.69) is 20.6 Å². The number of para-hydroxylation sites is 1. The number of hydrogen-bond acceptors (Lipinski definition) is 6. The van der Waals surface area contributed by atoms with Crippen LogP contribution in [0, 0.1) is 0 Å². The van der Waals surface area contributed by atoms with E-state index in [0.29, 0.717) is 21.4 Å². The molecule has 0 bridgehead atoms. The first-order valence-electron chi connectivity index (χ1n) is 6.76. The lowest BCUT2D eigenvalue weighted by Gasteiger charge is -2.06. The van der Waals surface area contributed by atoms with Crippen molar-refractivity contribution < 1.29 is 9.53 Å². The van der Waals surface area contributed by atoms with Gasteiger partial charge in [0.2, 0.25) is 10.1 Å². The summed E-state index contributed by atoms with van der Waals surface area (Å²) in [6, 6.07) is 7.04. The third-order valence-corrected chi connectivity index (χ3v) is 3.92. The number of benzene rings is 1. The zero-order chi connectivity index (χ0) is 15.7. The molecule has 0 unspecified atom stereocenters. The fraction of sp³-hybridized carbons (Fsp3) is 0.286. The summed E-state index contributed by atoms with van der Waals surface area (Å²) in [6.07, 6.45) is 0. The van der Waals surface area contributed by atoms with Gasteiger partial charge < -0.3 is 4.74 Å². The molecule has 0 aliphatic rings. The molecule has 0 aliphatic carbocycles. The van der Waals surface area contributed by atoms with Gasteiger partial charge in [-0.25, -0.2) is 0 Å². The third-order valence-electron chi connectivity index (χ3n) is 3.10. The monoisotopic (exact) mass is 317 g/mol. The van der Waals surface area contributed by atoms with Gasteiger partial charge in [0.1, 0.15) is 5.75 Å². The van der Waals surface area contributed by atoms with E-state index in [0.717, 1.165) is 5.82 Å². The number of aromatic nitrogens is 4. The summed E-state index contributed by atoms with van der Waals surface area (Å²) in [4.78, 5) is 13.0. The largest absolute Gasteiger partial charge is 0.496 e. The summed E-state index contributed by atoms with van der Waals surface area (Å²) in [6.45, 7) is 4.03. The van der Waals surface area contributed by atoms with Crippen LogP contribution in [0.5, 0.6) is 5.75 Å². The van der Waals surface area contributed by atoms with Crippen molar-refractivity contribution in [2.75, 3.05) is 12.4 Å². The molecule has 3 aromatic rings. The SMILES string of the molecule is COc1ccccc1C(=O)Nc1nn2c(C(C)C)nnc2s1. The Bertz CT molecular complexity index is 824. The Morgan fingerprint density at radius 1 is 1.32 bits per heavy atom. The van der Waals surface area contributed by atoms with Gasteiger partial charge >= 0.3 is 0 Å². The van der Waals surface area contributed by atoms with E-state index in [1.807, 2.05) is 19.9 Å². The average Bonchev–Trinajstić information content (AvgIpc) is 3.06. The molecule has 1 amide bonds. The zero-order valence-corrected chi connectivity index (χ0v) is 13.2. The van der Waals surface area contributed by atoms with Gasteiger partial charge in [0.25, 0.3) is 5.91 Å². The predicted octanol–water partition coefficient (Wildman–Crippen LogP) is 2.57. The highest BCUT2D eigenvalue weighted by Crippen LogP contribution is 2.24. The molecule has 22 heavy (non-hydrogen) atoms. The van der Waals surface area contributed by atoms with Crippen LogP contribution in [-0.4, -0.2) is 32.8 Å². The average molecular weight is 317 g/mol. The number of fused-ring (bicyclic) bond motifs is 1. The molecule has 2 aromatic heterocycles. The second-order valence-corrected chi connectivity index (χ2v) is 5.92. The van der Waals surface area contributed by atoms with Gasteiger partial charge in [-0.15, -0.1) is 15.3 Å². The van der Waals surface area contributed by atoms with E-state index in [-0.39, 0.29) is 11.8 Å². The van der Waals surface area contributed by atoms with Crippen LogP contribution in [0.2, 0.25) is 0 Å². The van der Waals surface area contributed by atoms with Crippen LogP contribution in [0.4, 0.5) is 5.13 Å². The Morgan fingerprint density at radius 3 is 2.82 bits per heavy atom. The van der Waals surface area contributed by atoms with Crippen LogP contribution < -0.4 is 10.1 Å². The molecule has 114 valence electrons. The lowest BCUT2D eigenvalue weighted by molar-refractivity contribution is 0.102. The number of carbonyl (C=O) groups is 1. The molecule has 0 saturated heterocycles.